The molecule has 40 heavy (non-hydrogen) atoms. The monoisotopic (exact) mass is 599 g/mol. The SMILES string of the molecule is CCCCS(=O)(=O)N[C@@H]1CCCC[C@H]1NC(=O)c1cccc(C(=O)N[C@@H]2CCCC[C@H]2NS(=O)(=O)CCCC)n1. The molecule has 1 heterocycles. The summed E-state index contributed by atoms with van der Waals surface area (Å²) < 4.78 is 55.4. The van der Waals surface area contributed by atoms with Gasteiger partial charge in [-0.05, 0) is 50.7 Å². The molecule has 226 valence electrons. The summed E-state index contributed by atoms with van der Waals surface area (Å²) in [6, 6.07) is 3.07. The molecule has 1 aromatic rings. The van der Waals surface area contributed by atoms with E-state index in [0.717, 1.165) is 38.5 Å². The first-order chi connectivity index (χ1) is 19.0. The second-order valence-corrected chi connectivity index (χ2v) is 14.7. The predicted molar refractivity (Wildman–Crippen MR) is 155 cm³/mol. The molecule has 0 unspecified atom stereocenters. The van der Waals surface area contributed by atoms with E-state index < -0.39 is 43.9 Å². The van der Waals surface area contributed by atoms with E-state index in [4.69, 9.17) is 0 Å². The molecule has 4 atom stereocenters. The molecule has 1 aromatic heterocycles. The molecule has 0 saturated heterocycles. The van der Waals surface area contributed by atoms with Gasteiger partial charge in [-0.15, -0.1) is 0 Å². The highest BCUT2D eigenvalue weighted by molar-refractivity contribution is 7.89. The zero-order chi connectivity index (χ0) is 29.2. The van der Waals surface area contributed by atoms with E-state index in [1.165, 1.54) is 12.1 Å². The Morgan fingerprint density at radius 3 is 1.45 bits per heavy atom. The van der Waals surface area contributed by atoms with Crippen LogP contribution in [0.3, 0.4) is 0 Å². The molecule has 0 aromatic carbocycles. The van der Waals surface area contributed by atoms with Crippen LogP contribution >= 0.6 is 0 Å². The highest BCUT2D eigenvalue weighted by Gasteiger charge is 2.32. The van der Waals surface area contributed by atoms with Crippen molar-refractivity contribution >= 4 is 31.9 Å². The van der Waals surface area contributed by atoms with Gasteiger partial charge in [0, 0.05) is 24.2 Å². The summed E-state index contributed by atoms with van der Waals surface area (Å²) in [5, 5.41) is 5.85. The van der Waals surface area contributed by atoms with Crippen molar-refractivity contribution in [3.05, 3.63) is 29.6 Å². The minimum atomic E-state index is -3.44. The van der Waals surface area contributed by atoms with Crippen molar-refractivity contribution in [2.45, 2.75) is 115 Å². The van der Waals surface area contributed by atoms with Crippen molar-refractivity contribution in [2.24, 2.45) is 0 Å². The third-order valence-corrected chi connectivity index (χ3v) is 10.6. The highest BCUT2D eigenvalue weighted by Crippen LogP contribution is 2.21. The summed E-state index contributed by atoms with van der Waals surface area (Å²) >= 11 is 0. The molecule has 4 N–H and O–H groups in total. The Kier molecular flexibility index (Phi) is 12.3. The Balaban J connectivity index is 1.64. The topological polar surface area (TPSA) is 163 Å². The van der Waals surface area contributed by atoms with Crippen molar-refractivity contribution in [3.63, 3.8) is 0 Å². The molecular weight excluding hydrogens is 554 g/mol. The van der Waals surface area contributed by atoms with Crippen LogP contribution < -0.4 is 20.1 Å². The molecule has 11 nitrogen and oxygen atoms in total. The number of rotatable bonds is 14. The lowest BCUT2D eigenvalue weighted by Crippen LogP contribution is -2.54. The first kappa shape index (κ1) is 32.4. The van der Waals surface area contributed by atoms with Crippen molar-refractivity contribution < 1.29 is 26.4 Å². The second kappa shape index (κ2) is 15.2. The fraction of sp³-hybridized carbons (Fsp3) is 0.741. The number of hydrogen-bond donors (Lipinski definition) is 4. The average molecular weight is 600 g/mol. The maximum absolute atomic E-state index is 13.1. The largest absolute Gasteiger partial charge is 0.346 e. The zero-order valence-electron chi connectivity index (χ0n) is 23.7. The zero-order valence-corrected chi connectivity index (χ0v) is 25.3. The molecule has 2 amide bonds. The molecule has 3 rings (SSSR count). The molecule has 2 saturated carbocycles. The van der Waals surface area contributed by atoms with Gasteiger partial charge in [-0.1, -0.05) is 58.4 Å². The van der Waals surface area contributed by atoms with E-state index in [0.29, 0.717) is 38.5 Å². The van der Waals surface area contributed by atoms with E-state index in [1.54, 1.807) is 6.07 Å². The summed E-state index contributed by atoms with van der Waals surface area (Å²) in [6.45, 7) is 3.87. The van der Waals surface area contributed by atoms with Gasteiger partial charge in [0.05, 0.1) is 11.5 Å². The Labute approximate surface area is 239 Å². The molecule has 0 spiro atoms. The molecule has 0 aliphatic heterocycles. The number of hydrogen-bond acceptors (Lipinski definition) is 7. The van der Waals surface area contributed by atoms with Crippen LogP contribution in [0, 0.1) is 0 Å². The van der Waals surface area contributed by atoms with Crippen LogP contribution in [0.2, 0.25) is 0 Å². The first-order valence-electron chi connectivity index (χ1n) is 14.6. The van der Waals surface area contributed by atoms with E-state index in [-0.39, 0.29) is 35.0 Å². The number of unbranched alkanes of at least 4 members (excludes halogenated alkanes) is 2. The fourth-order valence-corrected chi connectivity index (χ4v) is 8.37. The van der Waals surface area contributed by atoms with Crippen LogP contribution in [0.1, 0.15) is 112 Å². The highest BCUT2D eigenvalue weighted by atomic mass is 32.2. The van der Waals surface area contributed by atoms with E-state index in [9.17, 15) is 26.4 Å². The predicted octanol–water partition coefficient (Wildman–Crippen LogP) is 2.60. The number of carbonyl (C=O) groups is 2. The number of carbonyl (C=O) groups excluding carboxylic acids is 2. The minimum Gasteiger partial charge on any atom is -0.346 e. The number of sulfonamides is 2. The van der Waals surface area contributed by atoms with Gasteiger partial charge < -0.3 is 10.6 Å². The molecule has 0 bridgehead atoms. The minimum absolute atomic E-state index is 0.0570. The third-order valence-electron chi connectivity index (χ3n) is 7.57. The van der Waals surface area contributed by atoms with Gasteiger partial charge in [0.15, 0.2) is 0 Å². The number of amides is 2. The molecule has 13 heteroatoms. The molecule has 0 radical (unpaired) electrons. The van der Waals surface area contributed by atoms with Gasteiger partial charge >= 0.3 is 0 Å². The van der Waals surface area contributed by atoms with Gasteiger partial charge in [0.2, 0.25) is 20.0 Å². The van der Waals surface area contributed by atoms with Gasteiger partial charge in [-0.25, -0.2) is 31.3 Å². The van der Waals surface area contributed by atoms with Crippen LogP contribution in [-0.2, 0) is 20.0 Å². The Hall–Kier alpha value is -2.09. The second-order valence-electron chi connectivity index (χ2n) is 10.9. The van der Waals surface area contributed by atoms with Crippen molar-refractivity contribution in [2.75, 3.05) is 11.5 Å². The first-order valence-corrected chi connectivity index (χ1v) is 17.9. The van der Waals surface area contributed by atoms with E-state index >= 15 is 0 Å². The standard InChI is InChI=1S/C27H45N5O6S2/c1-3-5-18-39(35,36)31-22-14-9-7-12-20(22)29-26(33)24-16-11-17-25(28-24)27(34)30-21-13-8-10-15-23(21)32-40(37,38)19-6-4-2/h11,16-17,20-23,31-32H,3-10,12-15,18-19H2,1-2H3,(H,29,33)(H,30,34)/t20-,21-,22-,23-/m1/s1. The Bertz CT molecular complexity index is 1120. The van der Waals surface area contributed by atoms with Gasteiger partial charge in [-0.2, -0.15) is 0 Å². The summed E-state index contributed by atoms with van der Waals surface area (Å²) in [5.41, 5.74) is 0.123. The number of aromatic nitrogens is 1. The van der Waals surface area contributed by atoms with Gasteiger partial charge in [0.25, 0.3) is 11.8 Å². The van der Waals surface area contributed by atoms with Crippen molar-refractivity contribution in [1.29, 1.82) is 0 Å². The summed E-state index contributed by atoms with van der Waals surface area (Å²) in [4.78, 5) is 30.5. The number of nitrogens with zero attached hydrogens (tertiary/aromatic N) is 1. The van der Waals surface area contributed by atoms with Gasteiger partial charge in [0.1, 0.15) is 11.4 Å². The lowest BCUT2D eigenvalue weighted by molar-refractivity contribution is 0.0908. The maximum atomic E-state index is 13.1. The third kappa shape index (κ3) is 10.1. The van der Waals surface area contributed by atoms with E-state index in [1.807, 2.05) is 13.8 Å². The molecule has 2 aliphatic carbocycles. The summed E-state index contributed by atoms with van der Waals surface area (Å²) in [5.74, 6) is -0.833. The normalized spacial score (nSPS) is 23.9. The van der Waals surface area contributed by atoms with E-state index in [2.05, 4.69) is 25.1 Å². The molecular formula is C27H45N5O6S2. The quantitative estimate of drug-likeness (QED) is 0.255. The van der Waals surface area contributed by atoms with Crippen molar-refractivity contribution in [1.82, 2.24) is 25.1 Å². The fourth-order valence-electron chi connectivity index (χ4n) is 5.31. The lowest BCUT2D eigenvalue weighted by atomic mass is 9.91. The van der Waals surface area contributed by atoms with Crippen LogP contribution in [0.5, 0.6) is 0 Å². The Morgan fingerprint density at radius 2 is 1.07 bits per heavy atom. The average Bonchev–Trinajstić information content (AvgIpc) is 2.92. The lowest BCUT2D eigenvalue weighted by Gasteiger charge is -2.32. The van der Waals surface area contributed by atoms with Crippen LogP contribution in [0.4, 0.5) is 0 Å². The number of pyridine rings is 1. The molecule has 2 fully saturated rings. The molecule has 2 aliphatic rings. The Morgan fingerprint density at radius 1 is 0.700 bits per heavy atom. The summed E-state index contributed by atoms with van der Waals surface area (Å²) in [7, 11) is -6.88. The van der Waals surface area contributed by atoms with Crippen LogP contribution in [0.15, 0.2) is 18.2 Å². The van der Waals surface area contributed by atoms with Crippen molar-refractivity contribution in [3.8, 4) is 0 Å². The van der Waals surface area contributed by atoms with Crippen LogP contribution in [-0.4, -0.2) is 69.3 Å². The van der Waals surface area contributed by atoms with Gasteiger partial charge in [-0.3, -0.25) is 9.59 Å². The maximum Gasteiger partial charge on any atom is 0.270 e. The summed E-state index contributed by atoms with van der Waals surface area (Å²) in [6.07, 6.45) is 8.75. The number of nitrogens with one attached hydrogen (secondary N) is 4. The smallest absolute Gasteiger partial charge is 0.270 e. The van der Waals surface area contributed by atoms with Crippen LogP contribution in [0.25, 0.3) is 0 Å².